The summed E-state index contributed by atoms with van der Waals surface area (Å²) in [5.74, 6) is 0.785. The summed E-state index contributed by atoms with van der Waals surface area (Å²) in [5.41, 5.74) is 2.53. The van der Waals surface area contributed by atoms with Crippen LogP contribution in [0.15, 0.2) is 53.4 Å². The van der Waals surface area contributed by atoms with Crippen LogP contribution in [0.4, 0.5) is 0 Å². The third-order valence-corrected chi connectivity index (χ3v) is 7.35. The average molecular weight is 429 g/mol. The van der Waals surface area contributed by atoms with Crippen LogP contribution in [0.3, 0.4) is 0 Å². The number of benzene rings is 2. The Hall–Kier alpha value is -2.71. The van der Waals surface area contributed by atoms with Crippen molar-refractivity contribution in [2.45, 2.75) is 30.7 Å². The molecule has 8 heteroatoms. The van der Waals surface area contributed by atoms with Crippen LogP contribution in [-0.4, -0.2) is 54.2 Å². The van der Waals surface area contributed by atoms with E-state index < -0.39 is 10.0 Å². The van der Waals surface area contributed by atoms with Gasteiger partial charge in [0.2, 0.25) is 15.9 Å². The number of aromatic nitrogens is 2. The molecule has 0 aliphatic rings. The lowest BCUT2D eigenvalue weighted by Crippen LogP contribution is -2.30. The molecule has 1 amide bonds. The molecule has 0 saturated carbocycles. The number of sulfonamides is 1. The van der Waals surface area contributed by atoms with Crippen molar-refractivity contribution < 1.29 is 13.2 Å². The Kier molecular flexibility index (Phi) is 6.28. The van der Waals surface area contributed by atoms with E-state index in [1.165, 1.54) is 18.4 Å². The fourth-order valence-electron chi connectivity index (χ4n) is 3.39. The molecule has 0 bridgehead atoms. The standard InChI is InChI=1S/C22H28N4O3S/c1-16(17-9-7-6-8-10-17)25(4)22(27)14-13-21-23-19-15-18(30(28,29)24(2)3)11-12-20(19)26(21)5/h6-12,15-16H,13-14H2,1-5H3/t16-/m1/s1. The van der Waals surface area contributed by atoms with Crippen LogP contribution in [0, 0.1) is 0 Å². The topological polar surface area (TPSA) is 75.5 Å². The number of aryl methyl sites for hydroxylation is 2. The lowest BCUT2D eigenvalue weighted by molar-refractivity contribution is -0.131. The minimum atomic E-state index is -3.52. The van der Waals surface area contributed by atoms with Crippen molar-refractivity contribution in [3.63, 3.8) is 0 Å². The summed E-state index contributed by atoms with van der Waals surface area (Å²) < 4.78 is 27.9. The molecule has 3 aromatic rings. The summed E-state index contributed by atoms with van der Waals surface area (Å²) in [6.07, 6.45) is 0.805. The number of fused-ring (bicyclic) bond motifs is 1. The molecule has 0 aliphatic carbocycles. The molecule has 0 fully saturated rings. The van der Waals surface area contributed by atoms with E-state index in [1.54, 1.807) is 23.1 Å². The maximum atomic E-state index is 12.7. The van der Waals surface area contributed by atoms with E-state index in [0.29, 0.717) is 18.4 Å². The molecule has 1 aromatic heterocycles. The second kappa shape index (κ2) is 8.57. The van der Waals surface area contributed by atoms with Crippen molar-refractivity contribution in [1.82, 2.24) is 18.8 Å². The van der Waals surface area contributed by atoms with Crippen molar-refractivity contribution in [3.05, 3.63) is 59.9 Å². The number of imidazole rings is 1. The summed E-state index contributed by atoms with van der Waals surface area (Å²) in [6, 6.07) is 14.8. The van der Waals surface area contributed by atoms with Gasteiger partial charge in [0.1, 0.15) is 5.82 Å². The smallest absolute Gasteiger partial charge is 0.242 e. The van der Waals surface area contributed by atoms with Crippen LogP contribution in [0.1, 0.15) is 30.8 Å². The van der Waals surface area contributed by atoms with Gasteiger partial charge < -0.3 is 9.47 Å². The maximum absolute atomic E-state index is 12.7. The van der Waals surface area contributed by atoms with E-state index in [4.69, 9.17) is 0 Å². The molecular weight excluding hydrogens is 400 g/mol. The Morgan fingerprint density at radius 2 is 1.77 bits per heavy atom. The van der Waals surface area contributed by atoms with Crippen molar-refractivity contribution >= 4 is 27.0 Å². The molecule has 7 nitrogen and oxygen atoms in total. The van der Waals surface area contributed by atoms with Gasteiger partial charge in [-0.25, -0.2) is 17.7 Å². The average Bonchev–Trinajstić information content (AvgIpc) is 3.06. The molecule has 0 N–H and O–H groups in total. The summed E-state index contributed by atoms with van der Waals surface area (Å²) in [4.78, 5) is 19.3. The van der Waals surface area contributed by atoms with Crippen molar-refractivity contribution in [2.75, 3.05) is 21.1 Å². The first-order chi connectivity index (χ1) is 14.1. The van der Waals surface area contributed by atoms with Crippen molar-refractivity contribution in [3.8, 4) is 0 Å². The highest BCUT2D eigenvalue weighted by molar-refractivity contribution is 7.89. The zero-order valence-electron chi connectivity index (χ0n) is 18.0. The van der Waals surface area contributed by atoms with E-state index in [0.717, 1.165) is 16.9 Å². The zero-order chi connectivity index (χ0) is 22.1. The Morgan fingerprint density at radius 1 is 1.10 bits per heavy atom. The molecule has 0 unspecified atom stereocenters. The summed E-state index contributed by atoms with van der Waals surface area (Å²) in [7, 11) is 3.18. The van der Waals surface area contributed by atoms with Gasteiger partial charge in [0.25, 0.3) is 0 Å². The number of carbonyl (C=O) groups excluding carboxylic acids is 1. The van der Waals surface area contributed by atoms with E-state index in [2.05, 4.69) is 4.98 Å². The number of carbonyl (C=O) groups is 1. The third kappa shape index (κ3) is 4.24. The first-order valence-electron chi connectivity index (χ1n) is 9.81. The van der Waals surface area contributed by atoms with E-state index in [9.17, 15) is 13.2 Å². The van der Waals surface area contributed by atoms with E-state index >= 15 is 0 Å². The Balaban J connectivity index is 1.76. The predicted octanol–water partition coefficient (Wildman–Crippen LogP) is 2.98. The minimum Gasteiger partial charge on any atom is -0.339 e. The molecule has 2 aromatic carbocycles. The van der Waals surface area contributed by atoms with Crippen LogP contribution >= 0.6 is 0 Å². The number of hydrogen-bond acceptors (Lipinski definition) is 4. The SMILES string of the molecule is C[C@H](c1ccccc1)N(C)C(=O)CCc1nc2cc(S(=O)(=O)N(C)C)ccc2n1C. The second-order valence-corrected chi connectivity index (χ2v) is 9.77. The molecule has 0 spiro atoms. The largest absolute Gasteiger partial charge is 0.339 e. The molecule has 1 atom stereocenters. The Labute approximate surface area is 178 Å². The number of amides is 1. The van der Waals surface area contributed by atoms with Crippen molar-refractivity contribution in [2.24, 2.45) is 7.05 Å². The predicted molar refractivity (Wildman–Crippen MR) is 118 cm³/mol. The fraction of sp³-hybridized carbons (Fsp3) is 0.364. The van der Waals surface area contributed by atoms with Crippen LogP contribution in [-0.2, 0) is 28.3 Å². The van der Waals surface area contributed by atoms with Gasteiger partial charge in [-0.15, -0.1) is 0 Å². The quantitative estimate of drug-likeness (QED) is 0.580. The molecule has 160 valence electrons. The van der Waals surface area contributed by atoms with Gasteiger partial charge >= 0.3 is 0 Å². The van der Waals surface area contributed by atoms with Gasteiger partial charge in [-0.2, -0.15) is 0 Å². The molecule has 30 heavy (non-hydrogen) atoms. The van der Waals surface area contributed by atoms with Gasteiger partial charge in [0.05, 0.1) is 22.0 Å². The normalized spacial score (nSPS) is 13.0. The third-order valence-electron chi connectivity index (χ3n) is 5.54. The van der Waals surface area contributed by atoms with Crippen LogP contribution in [0.5, 0.6) is 0 Å². The van der Waals surface area contributed by atoms with E-state index in [-0.39, 0.29) is 16.8 Å². The Bertz CT molecular complexity index is 1150. The van der Waals surface area contributed by atoms with Gasteiger partial charge in [-0.1, -0.05) is 30.3 Å². The maximum Gasteiger partial charge on any atom is 0.242 e. The van der Waals surface area contributed by atoms with Crippen LogP contribution in [0.25, 0.3) is 11.0 Å². The molecule has 3 rings (SSSR count). The lowest BCUT2D eigenvalue weighted by Gasteiger charge is -2.25. The van der Waals surface area contributed by atoms with Gasteiger partial charge in [-0.05, 0) is 30.7 Å². The van der Waals surface area contributed by atoms with Crippen LogP contribution < -0.4 is 0 Å². The molecule has 1 heterocycles. The lowest BCUT2D eigenvalue weighted by atomic mass is 10.1. The first-order valence-corrected chi connectivity index (χ1v) is 11.3. The second-order valence-electron chi connectivity index (χ2n) is 7.62. The minimum absolute atomic E-state index is 0.0158. The highest BCUT2D eigenvalue weighted by Crippen LogP contribution is 2.23. The highest BCUT2D eigenvalue weighted by Gasteiger charge is 2.20. The summed E-state index contributed by atoms with van der Waals surface area (Å²) >= 11 is 0. The van der Waals surface area contributed by atoms with Crippen molar-refractivity contribution in [1.29, 1.82) is 0 Å². The Morgan fingerprint density at radius 3 is 2.40 bits per heavy atom. The number of nitrogens with zero attached hydrogens (tertiary/aromatic N) is 4. The zero-order valence-corrected chi connectivity index (χ0v) is 18.8. The number of rotatable bonds is 7. The molecule has 0 radical (unpaired) electrons. The molecule has 0 saturated heterocycles. The van der Waals surface area contributed by atoms with E-state index in [1.807, 2.05) is 55.9 Å². The first kappa shape index (κ1) is 22.0. The van der Waals surface area contributed by atoms with Crippen LogP contribution in [0.2, 0.25) is 0 Å². The van der Waals surface area contributed by atoms with Gasteiger partial charge in [-0.3, -0.25) is 4.79 Å². The molecular formula is C22H28N4O3S. The number of hydrogen-bond donors (Lipinski definition) is 0. The summed E-state index contributed by atoms with van der Waals surface area (Å²) in [6.45, 7) is 2.01. The summed E-state index contributed by atoms with van der Waals surface area (Å²) in [5, 5.41) is 0. The fourth-order valence-corrected chi connectivity index (χ4v) is 4.31. The molecule has 0 aliphatic heterocycles. The monoisotopic (exact) mass is 428 g/mol. The van der Waals surface area contributed by atoms with Gasteiger partial charge in [0.15, 0.2) is 0 Å². The highest BCUT2D eigenvalue weighted by atomic mass is 32.2. The van der Waals surface area contributed by atoms with Gasteiger partial charge in [0, 0.05) is 41.0 Å².